The normalized spacial score (nSPS) is 14.2. The van der Waals surface area contributed by atoms with E-state index in [0.717, 1.165) is 35.8 Å². The molecular weight excluding hydrogens is 334 g/mol. The van der Waals surface area contributed by atoms with Gasteiger partial charge in [-0.1, -0.05) is 18.2 Å². The van der Waals surface area contributed by atoms with Crippen molar-refractivity contribution < 1.29 is 4.79 Å². The van der Waals surface area contributed by atoms with Crippen LogP contribution < -0.4 is 15.5 Å². The van der Waals surface area contributed by atoms with Gasteiger partial charge in [0.25, 0.3) is 0 Å². The third kappa shape index (κ3) is 4.36. The average Bonchev–Trinajstić information content (AvgIpc) is 3.06. The molecule has 6 nitrogen and oxygen atoms in total. The first-order chi connectivity index (χ1) is 12.2. The lowest BCUT2D eigenvalue weighted by Crippen LogP contribution is -2.45. The Kier molecular flexibility index (Phi) is 5.65. The molecule has 0 aliphatic carbocycles. The fraction of sp³-hybridized carbons (Fsp3) is 0.389. The molecule has 7 heteroatoms. The van der Waals surface area contributed by atoms with Gasteiger partial charge in [-0.2, -0.15) is 0 Å². The van der Waals surface area contributed by atoms with Crippen molar-refractivity contribution in [3.05, 3.63) is 45.9 Å². The Morgan fingerprint density at radius 3 is 2.96 bits per heavy atom. The maximum absolute atomic E-state index is 12.6. The number of carbonyl (C=O) groups is 1. The highest BCUT2D eigenvalue weighted by atomic mass is 32.1. The number of carbonyl (C=O) groups excluding carboxylic acids is 1. The predicted octanol–water partition coefficient (Wildman–Crippen LogP) is 2.10. The first kappa shape index (κ1) is 17.4. The molecule has 25 heavy (non-hydrogen) atoms. The van der Waals surface area contributed by atoms with Crippen LogP contribution in [0.4, 0.5) is 5.69 Å². The minimum atomic E-state index is 0.0557. The van der Waals surface area contributed by atoms with Crippen LogP contribution in [0.3, 0.4) is 0 Å². The quantitative estimate of drug-likeness (QED) is 0.649. The minimum Gasteiger partial charge on any atom is -0.350 e. The SMILES string of the molecule is CN=C(NCC(=O)N1CCCc2ccccc21)NCc1nc(C)cs1. The fourth-order valence-corrected chi connectivity index (χ4v) is 3.62. The van der Waals surface area contributed by atoms with Gasteiger partial charge in [-0.05, 0) is 31.4 Å². The Morgan fingerprint density at radius 1 is 1.36 bits per heavy atom. The molecule has 2 heterocycles. The van der Waals surface area contributed by atoms with E-state index in [1.807, 2.05) is 35.4 Å². The van der Waals surface area contributed by atoms with Crippen molar-refractivity contribution in [1.82, 2.24) is 15.6 Å². The summed E-state index contributed by atoms with van der Waals surface area (Å²) in [5.41, 5.74) is 3.29. The van der Waals surface area contributed by atoms with E-state index in [4.69, 9.17) is 0 Å². The van der Waals surface area contributed by atoms with Crippen molar-refractivity contribution in [1.29, 1.82) is 0 Å². The number of aryl methyl sites for hydroxylation is 2. The highest BCUT2D eigenvalue weighted by Gasteiger charge is 2.21. The van der Waals surface area contributed by atoms with Crippen LogP contribution in [0.2, 0.25) is 0 Å². The zero-order valence-electron chi connectivity index (χ0n) is 14.6. The van der Waals surface area contributed by atoms with Crippen LogP contribution >= 0.6 is 11.3 Å². The molecule has 1 aliphatic rings. The second kappa shape index (κ2) is 8.11. The number of amides is 1. The average molecular weight is 357 g/mol. The van der Waals surface area contributed by atoms with E-state index >= 15 is 0 Å². The summed E-state index contributed by atoms with van der Waals surface area (Å²) in [4.78, 5) is 23.1. The number of rotatable bonds is 4. The molecule has 0 fully saturated rings. The third-order valence-corrected chi connectivity index (χ3v) is 5.08. The molecule has 0 saturated carbocycles. The Balaban J connectivity index is 1.54. The molecule has 3 rings (SSSR count). The maximum atomic E-state index is 12.6. The lowest BCUT2D eigenvalue weighted by molar-refractivity contribution is -0.117. The monoisotopic (exact) mass is 357 g/mol. The van der Waals surface area contributed by atoms with Gasteiger partial charge in [-0.3, -0.25) is 9.79 Å². The molecule has 2 N–H and O–H groups in total. The van der Waals surface area contributed by atoms with Gasteiger partial charge in [0.1, 0.15) is 5.01 Å². The smallest absolute Gasteiger partial charge is 0.246 e. The van der Waals surface area contributed by atoms with Crippen LogP contribution in [0.25, 0.3) is 0 Å². The van der Waals surface area contributed by atoms with Gasteiger partial charge in [0.2, 0.25) is 5.91 Å². The molecule has 1 amide bonds. The fourth-order valence-electron chi connectivity index (χ4n) is 2.91. The zero-order valence-corrected chi connectivity index (χ0v) is 15.4. The number of aliphatic imine (C=N–C) groups is 1. The molecule has 0 bridgehead atoms. The number of benzene rings is 1. The van der Waals surface area contributed by atoms with E-state index in [0.29, 0.717) is 12.5 Å². The predicted molar refractivity (Wildman–Crippen MR) is 102 cm³/mol. The summed E-state index contributed by atoms with van der Waals surface area (Å²) < 4.78 is 0. The first-order valence-corrected chi connectivity index (χ1v) is 9.29. The van der Waals surface area contributed by atoms with Crippen molar-refractivity contribution in [2.75, 3.05) is 25.0 Å². The topological polar surface area (TPSA) is 69.6 Å². The molecule has 0 radical (unpaired) electrons. The molecule has 0 spiro atoms. The molecule has 0 unspecified atom stereocenters. The van der Waals surface area contributed by atoms with Crippen LogP contribution in [-0.4, -0.2) is 37.0 Å². The van der Waals surface area contributed by atoms with Gasteiger partial charge >= 0.3 is 0 Å². The molecule has 0 atom stereocenters. The van der Waals surface area contributed by atoms with E-state index in [-0.39, 0.29) is 12.5 Å². The Bertz CT molecular complexity index is 770. The van der Waals surface area contributed by atoms with Crippen LogP contribution in [0.1, 0.15) is 22.7 Å². The van der Waals surface area contributed by atoms with Gasteiger partial charge in [0.15, 0.2) is 5.96 Å². The van der Waals surface area contributed by atoms with Crippen molar-refractivity contribution in [2.45, 2.75) is 26.3 Å². The van der Waals surface area contributed by atoms with Crippen molar-refractivity contribution in [3.63, 3.8) is 0 Å². The van der Waals surface area contributed by atoms with Gasteiger partial charge in [0, 0.05) is 30.4 Å². The Labute approximate surface area is 152 Å². The summed E-state index contributed by atoms with van der Waals surface area (Å²) >= 11 is 1.61. The lowest BCUT2D eigenvalue weighted by Gasteiger charge is -2.29. The van der Waals surface area contributed by atoms with Crippen LogP contribution in [-0.2, 0) is 17.8 Å². The number of fused-ring (bicyclic) bond motifs is 1. The molecule has 1 aliphatic heterocycles. The summed E-state index contributed by atoms with van der Waals surface area (Å²) in [6, 6.07) is 8.12. The summed E-state index contributed by atoms with van der Waals surface area (Å²) in [7, 11) is 1.70. The molecule has 2 aromatic rings. The second-order valence-electron chi connectivity index (χ2n) is 5.94. The number of nitrogens with one attached hydrogen (secondary N) is 2. The van der Waals surface area contributed by atoms with E-state index in [1.54, 1.807) is 18.4 Å². The number of aromatic nitrogens is 1. The summed E-state index contributed by atoms with van der Waals surface area (Å²) in [6.45, 7) is 3.55. The lowest BCUT2D eigenvalue weighted by atomic mass is 10.0. The molecule has 132 valence electrons. The first-order valence-electron chi connectivity index (χ1n) is 8.41. The molecule has 1 aromatic carbocycles. The minimum absolute atomic E-state index is 0.0557. The third-order valence-electron chi connectivity index (χ3n) is 4.12. The van der Waals surface area contributed by atoms with E-state index < -0.39 is 0 Å². The second-order valence-corrected chi connectivity index (χ2v) is 6.88. The van der Waals surface area contributed by atoms with Crippen molar-refractivity contribution in [2.24, 2.45) is 4.99 Å². The molecule has 0 saturated heterocycles. The molecular formula is C18H23N5OS. The van der Waals surface area contributed by atoms with Gasteiger partial charge in [-0.25, -0.2) is 4.98 Å². The van der Waals surface area contributed by atoms with Crippen molar-refractivity contribution >= 4 is 28.9 Å². The number of guanidine groups is 1. The number of thiazole rings is 1. The van der Waals surface area contributed by atoms with Crippen LogP contribution in [0, 0.1) is 6.92 Å². The van der Waals surface area contributed by atoms with E-state index in [1.165, 1.54) is 5.56 Å². The van der Waals surface area contributed by atoms with Gasteiger partial charge in [0.05, 0.1) is 13.1 Å². The Hall–Kier alpha value is -2.41. The maximum Gasteiger partial charge on any atom is 0.246 e. The standard InChI is InChI=1S/C18H23N5OS/c1-13-12-25-16(22-13)10-20-18(19-2)21-11-17(24)23-9-5-7-14-6-3-4-8-15(14)23/h3-4,6,8,12H,5,7,9-11H2,1-2H3,(H2,19,20,21). The van der Waals surface area contributed by atoms with E-state index in [2.05, 4.69) is 26.7 Å². The number of para-hydroxylation sites is 1. The van der Waals surface area contributed by atoms with E-state index in [9.17, 15) is 4.79 Å². The summed E-state index contributed by atoms with van der Waals surface area (Å²) in [5.74, 6) is 0.659. The van der Waals surface area contributed by atoms with Gasteiger partial charge < -0.3 is 15.5 Å². The van der Waals surface area contributed by atoms with Crippen LogP contribution in [0.15, 0.2) is 34.6 Å². The zero-order chi connectivity index (χ0) is 17.6. The number of hydrogen-bond donors (Lipinski definition) is 2. The number of hydrogen-bond acceptors (Lipinski definition) is 4. The van der Waals surface area contributed by atoms with Crippen LogP contribution in [0.5, 0.6) is 0 Å². The number of anilines is 1. The number of nitrogens with zero attached hydrogens (tertiary/aromatic N) is 3. The summed E-state index contributed by atoms with van der Waals surface area (Å²) in [6.07, 6.45) is 2.03. The highest BCUT2D eigenvalue weighted by molar-refractivity contribution is 7.09. The summed E-state index contributed by atoms with van der Waals surface area (Å²) in [5, 5.41) is 9.31. The molecule has 1 aromatic heterocycles. The Morgan fingerprint density at radius 2 is 2.20 bits per heavy atom. The van der Waals surface area contributed by atoms with Gasteiger partial charge in [-0.15, -0.1) is 11.3 Å². The largest absolute Gasteiger partial charge is 0.350 e. The highest BCUT2D eigenvalue weighted by Crippen LogP contribution is 2.26. The van der Waals surface area contributed by atoms with Crippen molar-refractivity contribution in [3.8, 4) is 0 Å².